The molecule has 120 valence electrons. The zero-order chi connectivity index (χ0) is 15.3. The molecule has 0 N–H and O–H groups in total. The Morgan fingerprint density at radius 1 is 0.905 bits per heavy atom. The van der Waals surface area contributed by atoms with Crippen LogP contribution in [0.15, 0.2) is 0 Å². The van der Waals surface area contributed by atoms with Crippen LogP contribution in [0.1, 0.15) is 13.3 Å². The Morgan fingerprint density at radius 2 is 1.43 bits per heavy atom. The summed E-state index contributed by atoms with van der Waals surface area (Å²) in [4.78, 5) is 4.46. The Balaban J connectivity index is 1.84. The van der Waals surface area contributed by atoms with E-state index >= 15 is 0 Å². The number of hydrogen-bond donors (Lipinski definition) is 0. The van der Waals surface area contributed by atoms with Gasteiger partial charge in [-0.3, -0.25) is 4.90 Å². The average Bonchev–Trinajstić information content (AvgIpc) is 2.48. The maximum Gasteiger partial charge on any atom is 0.282 e. The molecule has 0 aromatic rings. The van der Waals surface area contributed by atoms with Crippen molar-refractivity contribution in [3.63, 3.8) is 0 Å². The SMILES string of the molecule is CC#CCCN1CCN(S(=O)(=O)N2CCN(C)CC2)CC1. The van der Waals surface area contributed by atoms with Crippen molar-refractivity contribution in [3.05, 3.63) is 0 Å². The number of likely N-dealkylation sites (N-methyl/N-ethyl adjacent to an activating group) is 1. The molecule has 21 heavy (non-hydrogen) atoms. The van der Waals surface area contributed by atoms with Crippen molar-refractivity contribution >= 4 is 10.2 Å². The normalized spacial score (nSPS) is 23.7. The second kappa shape index (κ2) is 7.56. The van der Waals surface area contributed by atoms with Crippen molar-refractivity contribution in [2.45, 2.75) is 13.3 Å². The fourth-order valence-corrected chi connectivity index (χ4v) is 4.28. The molecule has 0 aromatic heterocycles. The van der Waals surface area contributed by atoms with E-state index < -0.39 is 10.2 Å². The van der Waals surface area contributed by atoms with Crippen LogP contribution in [0.2, 0.25) is 0 Å². The molecule has 2 heterocycles. The van der Waals surface area contributed by atoms with E-state index in [1.807, 2.05) is 14.0 Å². The molecular formula is C14H26N4O2S. The smallest absolute Gasteiger partial charge is 0.282 e. The highest BCUT2D eigenvalue weighted by atomic mass is 32.2. The first-order valence-corrected chi connectivity index (χ1v) is 8.99. The monoisotopic (exact) mass is 314 g/mol. The molecule has 0 unspecified atom stereocenters. The van der Waals surface area contributed by atoms with Gasteiger partial charge >= 0.3 is 0 Å². The average molecular weight is 314 g/mol. The van der Waals surface area contributed by atoms with Crippen LogP contribution in [0.3, 0.4) is 0 Å². The molecule has 0 bridgehead atoms. The molecular weight excluding hydrogens is 288 g/mol. The quantitative estimate of drug-likeness (QED) is 0.657. The lowest BCUT2D eigenvalue weighted by molar-refractivity contribution is 0.172. The summed E-state index contributed by atoms with van der Waals surface area (Å²) >= 11 is 0. The van der Waals surface area contributed by atoms with Crippen molar-refractivity contribution in [1.82, 2.24) is 18.4 Å². The van der Waals surface area contributed by atoms with Gasteiger partial charge in [-0.25, -0.2) is 0 Å². The molecule has 0 spiro atoms. The Bertz CT molecular complexity index is 481. The molecule has 6 nitrogen and oxygen atoms in total. The molecule has 0 amide bonds. The van der Waals surface area contributed by atoms with E-state index in [1.165, 1.54) is 0 Å². The van der Waals surface area contributed by atoms with Crippen molar-refractivity contribution in [2.24, 2.45) is 0 Å². The van der Waals surface area contributed by atoms with Crippen LogP contribution in [-0.2, 0) is 10.2 Å². The fourth-order valence-electron chi connectivity index (χ4n) is 2.70. The second-order valence-corrected chi connectivity index (χ2v) is 7.56. The van der Waals surface area contributed by atoms with E-state index in [1.54, 1.807) is 8.61 Å². The molecule has 2 rings (SSSR count). The number of nitrogens with zero attached hydrogens (tertiary/aromatic N) is 4. The Labute approximate surface area is 128 Å². The summed E-state index contributed by atoms with van der Waals surface area (Å²) < 4.78 is 28.5. The van der Waals surface area contributed by atoms with E-state index in [9.17, 15) is 8.42 Å². The van der Waals surface area contributed by atoms with Gasteiger partial charge < -0.3 is 4.90 Å². The largest absolute Gasteiger partial charge is 0.304 e. The molecule has 0 radical (unpaired) electrons. The summed E-state index contributed by atoms with van der Waals surface area (Å²) in [5, 5.41) is 0. The van der Waals surface area contributed by atoms with E-state index in [2.05, 4.69) is 21.6 Å². The third kappa shape index (κ3) is 4.41. The molecule has 0 aliphatic carbocycles. The van der Waals surface area contributed by atoms with Gasteiger partial charge in [-0.1, -0.05) is 0 Å². The number of piperazine rings is 2. The highest BCUT2D eigenvalue weighted by Gasteiger charge is 2.33. The molecule has 7 heteroatoms. The molecule has 0 atom stereocenters. The third-order valence-electron chi connectivity index (χ3n) is 4.18. The summed E-state index contributed by atoms with van der Waals surface area (Å²) in [6.45, 7) is 8.41. The van der Waals surface area contributed by atoms with Gasteiger partial charge in [0.1, 0.15) is 0 Å². The molecule has 2 saturated heterocycles. The number of rotatable bonds is 4. The first-order chi connectivity index (χ1) is 10.0. The maximum absolute atomic E-state index is 12.6. The topological polar surface area (TPSA) is 47.1 Å². The predicted octanol–water partition coefficient (Wildman–Crippen LogP) is -0.490. The first-order valence-electron chi connectivity index (χ1n) is 7.60. The van der Waals surface area contributed by atoms with Crippen LogP contribution in [-0.4, -0.2) is 92.8 Å². The minimum atomic E-state index is -3.27. The standard InChI is InChI=1S/C14H26N4O2S/c1-3-4-5-6-16-9-13-18(14-10-16)21(19,20)17-11-7-15(2)8-12-17/h5-14H2,1-2H3. The Morgan fingerprint density at radius 3 is 1.95 bits per heavy atom. The van der Waals surface area contributed by atoms with Crippen LogP contribution < -0.4 is 0 Å². The summed E-state index contributed by atoms with van der Waals surface area (Å²) in [6.07, 6.45) is 0.863. The van der Waals surface area contributed by atoms with Gasteiger partial charge in [0.05, 0.1) is 0 Å². The van der Waals surface area contributed by atoms with Crippen molar-refractivity contribution in [1.29, 1.82) is 0 Å². The van der Waals surface area contributed by atoms with Crippen LogP contribution in [0.5, 0.6) is 0 Å². The van der Waals surface area contributed by atoms with Crippen LogP contribution in [0.4, 0.5) is 0 Å². The van der Waals surface area contributed by atoms with Gasteiger partial charge in [0, 0.05) is 65.3 Å². The van der Waals surface area contributed by atoms with Gasteiger partial charge in [-0.15, -0.1) is 11.8 Å². The minimum absolute atomic E-state index is 0.591. The lowest BCUT2D eigenvalue weighted by atomic mass is 10.3. The predicted molar refractivity (Wildman–Crippen MR) is 84.1 cm³/mol. The van der Waals surface area contributed by atoms with Gasteiger partial charge in [0.25, 0.3) is 10.2 Å². The van der Waals surface area contributed by atoms with Crippen molar-refractivity contribution in [2.75, 3.05) is 66.0 Å². The van der Waals surface area contributed by atoms with E-state index in [0.29, 0.717) is 26.2 Å². The zero-order valence-corrected chi connectivity index (χ0v) is 13.9. The molecule has 2 aliphatic rings. The summed E-state index contributed by atoms with van der Waals surface area (Å²) in [6, 6.07) is 0. The summed E-state index contributed by atoms with van der Waals surface area (Å²) in [7, 11) is -1.24. The zero-order valence-electron chi connectivity index (χ0n) is 13.1. The third-order valence-corrected chi connectivity index (χ3v) is 6.21. The van der Waals surface area contributed by atoms with Gasteiger partial charge in [-0.2, -0.15) is 17.0 Å². The van der Waals surface area contributed by atoms with Crippen molar-refractivity contribution < 1.29 is 8.42 Å². The fraction of sp³-hybridized carbons (Fsp3) is 0.857. The van der Waals surface area contributed by atoms with Gasteiger partial charge in [0.15, 0.2) is 0 Å². The summed E-state index contributed by atoms with van der Waals surface area (Å²) in [5.41, 5.74) is 0. The Hall–Kier alpha value is -0.650. The lowest BCUT2D eigenvalue weighted by Crippen LogP contribution is -2.56. The van der Waals surface area contributed by atoms with Crippen LogP contribution >= 0.6 is 0 Å². The van der Waals surface area contributed by atoms with Crippen LogP contribution in [0, 0.1) is 11.8 Å². The minimum Gasteiger partial charge on any atom is -0.304 e. The lowest BCUT2D eigenvalue weighted by Gasteiger charge is -2.38. The first kappa shape index (κ1) is 16.7. The molecule has 0 aromatic carbocycles. The van der Waals surface area contributed by atoms with Crippen LogP contribution in [0.25, 0.3) is 0 Å². The highest BCUT2D eigenvalue weighted by Crippen LogP contribution is 2.14. The van der Waals surface area contributed by atoms with Gasteiger partial charge in [0.2, 0.25) is 0 Å². The maximum atomic E-state index is 12.6. The molecule has 2 fully saturated rings. The summed E-state index contributed by atoms with van der Waals surface area (Å²) in [5.74, 6) is 5.95. The van der Waals surface area contributed by atoms with Crippen molar-refractivity contribution in [3.8, 4) is 11.8 Å². The van der Waals surface area contributed by atoms with E-state index in [-0.39, 0.29) is 0 Å². The second-order valence-electron chi connectivity index (χ2n) is 5.63. The Kier molecular flexibility index (Phi) is 6.02. The molecule has 0 saturated carbocycles. The number of hydrogen-bond acceptors (Lipinski definition) is 4. The molecule has 2 aliphatic heterocycles. The van der Waals surface area contributed by atoms with Gasteiger partial charge in [-0.05, 0) is 14.0 Å². The van der Waals surface area contributed by atoms with E-state index in [4.69, 9.17) is 0 Å². The van der Waals surface area contributed by atoms with E-state index in [0.717, 1.165) is 39.1 Å². The highest BCUT2D eigenvalue weighted by molar-refractivity contribution is 7.86.